The van der Waals surface area contributed by atoms with Gasteiger partial charge in [-0.25, -0.2) is 9.37 Å². The first-order valence-corrected chi connectivity index (χ1v) is 8.57. The van der Waals surface area contributed by atoms with E-state index in [1.807, 2.05) is 6.92 Å². The monoisotopic (exact) mass is 351 g/mol. The summed E-state index contributed by atoms with van der Waals surface area (Å²) in [5.41, 5.74) is 1.53. The van der Waals surface area contributed by atoms with E-state index in [9.17, 15) is 14.0 Å². The molecule has 1 aliphatic rings. The highest BCUT2D eigenvalue weighted by Gasteiger charge is 2.34. The zero-order valence-corrected chi connectivity index (χ0v) is 14.4. The fraction of sp³-hybridized carbons (Fsp3) is 0.250. The van der Waals surface area contributed by atoms with E-state index in [1.165, 1.54) is 16.7 Å². The molecule has 4 rings (SSSR count). The van der Waals surface area contributed by atoms with E-state index in [-0.39, 0.29) is 24.0 Å². The maximum absolute atomic E-state index is 14.0. The standard InChI is InChI=1S/C20H18FN3O2/c1-13-8-9-23-18(10-13)22-11-16(19(23)25)20(26)24(15-6-7-15)12-14-4-2-3-5-17(14)21/h2-5,8-11,15H,6-7,12H2,1H3. The van der Waals surface area contributed by atoms with E-state index in [0.717, 1.165) is 18.4 Å². The van der Waals surface area contributed by atoms with E-state index < -0.39 is 11.5 Å². The molecule has 2 heterocycles. The molecule has 3 aromatic rings. The Morgan fingerprint density at radius 3 is 2.81 bits per heavy atom. The van der Waals surface area contributed by atoms with Crippen LogP contribution in [0.1, 0.15) is 34.3 Å². The Morgan fingerprint density at radius 1 is 1.31 bits per heavy atom. The summed E-state index contributed by atoms with van der Waals surface area (Å²) in [7, 11) is 0. The molecule has 0 N–H and O–H groups in total. The first-order chi connectivity index (χ1) is 12.5. The van der Waals surface area contributed by atoms with Crippen molar-refractivity contribution in [3.05, 3.63) is 81.7 Å². The summed E-state index contributed by atoms with van der Waals surface area (Å²) in [4.78, 5) is 31.6. The predicted molar refractivity (Wildman–Crippen MR) is 95.5 cm³/mol. The predicted octanol–water partition coefficient (Wildman–Crippen LogP) is 2.95. The number of aryl methyl sites for hydroxylation is 1. The van der Waals surface area contributed by atoms with E-state index in [1.54, 1.807) is 41.4 Å². The molecular formula is C20H18FN3O2. The average molecular weight is 351 g/mol. The molecule has 0 radical (unpaired) electrons. The van der Waals surface area contributed by atoms with Crippen molar-refractivity contribution in [1.82, 2.24) is 14.3 Å². The quantitative estimate of drug-likeness (QED) is 0.726. The normalized spacial score (nSPS) is 13.8. The Labute approximate surface area is 149 Å². The highest BCUT2D eigenvalue weighted by atomic mass is 19.1. The molecule has 1 fully saturated rings. The lowest BCUT2D eigenvalue weighted by Crippen LogP contribution is -2.37. The Morgan fingerprint density at radius 2 is 2.08 bits per heavy atom. The number of hydrogen-bond acceptors (Lipinski definition) is 3. The van der Waals surface area contributed by atoms with Crippen molar-refractivity contribution >= 4 is 11.6 Å². The summed E-state index contributed by atoms with van der Waals surface area (Å²) in [5.74, 6) is -0.752. The number of amides is 1. The molecule has 0 bridgehead atoms. The second-order valence-corrected chi connectivity index (χ2v) is 6.66. The highest BCUT2D eigenvalue weighted by molar-refractivity contribution is 5.94. The van der Waals surface area contributed by atoms with Crippen molar-refractivity contribution in [3.63, 3.8) is 0 Å². The lowest BCUT2D eigenvalue weighted by molar-refractivity contribution is 0.0726. The van der Waals surface area contributed by atoms with Gasteiger partial charge in [-0.05, 0) is 43.5 Å². The number of pyridine rings is 1. The van der Waals surface area contributed by atoms with Gasteiger partial charge in [0.1, 0.15) is 17.0 Å². The zero-order chi connectivity index (χ0) is 18.3. The van der Waals surface area contributed by atoms with Crippen LogP contribution in [0, 0.1) is 12.7 Å². The highest BCUT2D eigenvalue weighted by Crippen LogP contribution is 2.29. The molecule has 26 heavy (non-hydrogen) atoms. The molecule has 0 unspecified atom stereocenters. The Bertz CT molecular complexity index is 1060. The van der Waals surface area contributed by atoms with E-state index >= 15 is 0 Å². The minimum absolute atomic E-state index is 0.00888. The molecule has 5 nitrogen and oxygen atoms in total. The minimum atomic E-state index is -0.404. The van der Waals surface area contributed by atoms with Crippen LogP contribution in [-0.4, -0.2) is 26.2 Å². The van der Waals surface area contributed by atoms with Crippen molar-refractivity contribution in [2.45, 2.75) is 32.4 Å². The third-order valence-corrected chi connectivity index (χ3v) is 4.64. The molecule has 0 atom stereocenters. The maximum Gasteiger partial charge on any atom is 0.270 e. The summed E-state index contributed by atoms with van der Waals surface area (Å²) in [5, 5.41) is 0. The molecule has 1 aliphatic carbocycles. The van der Waals surface area contributed by atoms with Gasteiger partial charge in [0.25, 0.3) is 11.5 Å². The van der Waals surface area contributed by atoms with Gasteiger partial charge in [-0.3, -0.25) is 14.0 Å². The van der Waals surface area contributed by atoms with Crippen LogP contribution in [0.4, 0.5) is 4.39 Å². The third kappa shape index (κ3) is 2.98. The molecule has 2 aromatic heterocycles. The molecular weight excluding hydrogens is 333 g/mol. The van der Waals surface area contributed by atoms with Crippen LogP contribution < -0.4 is 5.56 Å². The van der Waals surface area contributed by atoms with Gasteiger partial charge in [0.15, 0.2) is 0 Å². The van der Waals surface area contributed by atoms with Crippen LogP contribution in [0.3, 0.4) is 0 Å². The molecule has 0 aliphatic heterocycles. The molecule has 1 saturated carbocycles. The summed E-state index contributed by atoms with van der Waals surface area (Å²) < 4.78 is 15.4. The van der Waals surface area contributed by atoms with Crippen LogP contribution in [-0.2, 0) is 6.54 Å². The van der Waals surface area contributed by atoms with Crippen LogP contribution in [0.5, 0.6) is 0 Å². The zero-order valence-electron chi connectivity index (χ0n) is 14.4. The fourth-order valence-electron chi connectivity index (χ4n) is 3.04. The van der Waals surface area contributed by atoms with Gasteiger partial charge in [0, 0.05) is 30.5 Å². The average Bonchev–Trinajstić information content (AvgIpc) is 3.45. The van der Waals surface area contributed by atoms with Gasteiger partial charge in [0.05, 0.1) is 0 Å². The summed E-state index contributed by atoms with van der Waals surface area (Å²) in [6.45, 7) is 2.06. The van der Waals surface area contributed by atoms with Gasteiger partial charge < -0.3 is 4.90 Å². The van der Waals surface area contributed by atoms with Gasteiger partial charge >= 0.3 is 0 Å². The van der Waals surface area contributed by atoms with E-state index in [0.29, 0.717) is 11.2 Å². The molecule has 0 spiro atoms. The number of hydrogen-bond donors (Lipinski definition) is 0. The summed E-state index contributed by atoms with van der Waals surface area (Å²) in [6, 6.07) is 10.0. The topological polar surface area (TPSA) is 54.7 Å². The van der Waals surface area contributed by atoms with Crippen molar-refractivity contribution in [3.8, 4) is 0 Å². The fourth-order valence-corrected chi connectivity index (χ4v) is 3.04. The van der Waals surface area contributed by atoms with Gasteiger partial charge in [-0.1, -0.05) is 18.2 Å². The van der Waals surface area contributed by atoms with Crippen molar-refractivity contribution in [2.24, 2.45) is 0 Å². The summed E-state index contributed by atoms with van der Waals surface area (Å²) in [6.07, 6.45) is 4.68. The minimum Gasteiger partial charge on any atom is -0.331 e. The first kappa shape index (κ1) is 16.4. The second-order valence-electron chi connectivity index (χ2n) is 6.66. The van der Waals surface area contributed by atoms with E-state index in [2.05, 4.69) is 4.98 Å². The number of aromatic nitrogens is 2. The number of fused-ring (bicyclic) bond motifs is 1. The van der Waals surface area contributed by atoms with Crippen LogP contribution in [0.2, 0.25) is 0 Å². The van der Waals surface area contributed by atoms with Crippen LogP contribution >= 0.6 is 0 Å². The Hall–Kier alpha value is -3.02. The molecule has 1 aromatic carbocycles. The molecule has 0 saturated heterocycles. The number of carbonyl (C=O) groups excluding carboxylic acids is 1. The van der Waals surface area contributed by atoms with Gasteiger partial charge in [0.2, 0.25) is 0 Å². The smallest absolute Gasteiger partial charge is 0.270 e. The lowest BCUT2D eigenvalue weighted by Gasteiger charge is -2.22. The van der Waals surface area contributed by atoms with Crippen molar-refractivity contribution in [1.29, 1.82) is 0 Å². The number of rotatable bonds is 4. The van der Waals surface area contributed by atoms with Gasteiger partial charge in [-0.2, -0.15) is 0 Å². The molecule has 6 heteroatoms. The molecule has 1 amide bonds. The lowest BCUT2D eigenvalue weighted by atomic mass is 10.1. The second kappa shape index (κ2) is 6.37. The largest absolute Gasteiger partial charge is 0.331 e. The van der Waals surface area contributed by atoms with E-state index in [4.69, 9.17) is 0 Å². The molecule has 132 valence electrons. The first-order valence-electron chi connectivity index (χ1n) is 8.57. The van der Waals surface area contributed by atoms with Crippen molar-refractivity contribution in [2.75, 3.05) is 0 Å². The maximum atomic E-state index is 14.0. The number of nitrogens with zero attached hydrogens (tertiary/aromatic N) is 3. The Kier molecular flexibility index (Phi) is 4.03. The Balaban J connectivity index is 1.72. The number of benzene rings is 1. The van der Waals surface area contributed by atoms with Crippen molar-refractivity contribution < 1.29 is 9.18 Å². The number of halogens is 1. The summed E-state index contributed by atoms with van der Waals surface area (Å²) >= 11 is 0. The van der Waals surface area contributed by atoms with Crippen LogP contribution in [0.25, 0.3) is 5.65 Å². The third-order valence-electron chi connectivity index (χ3n) is 4.64. The van der Waals surface area contributed by atoms with Gasteiger partial charge in [-0.15, -0.1) is 0 Å². The number of carbonyl (C=O) groups is 1. The van der Waals surface area contributed by atoms with Crippen LogP contribution in [0.15, 0.2) is 53.6 Å². The SMILES string of the molecule is Cc1ccn2c(=O)c(C(=O)N(Cc3ccccc3F)C3CC3)cnc2c1.